The maximum atomic E-state index is 13.0. The van der Waals surface area contributed by atoms with Gasteiger partial charge in [0.1, 0.15) is 0 Å². The molecule has 0 amide bonds. The van der Waals surface area contributed by atoms with Gasteiger partial charge in [0.05, 0.1) is 12.5 Å². The predicted molar refractivity (Wildman–Crippen MR) is 46.9 cm³/mol. The van der Waals surface area contributed by atoms with Crippen molar-refractivity contribution in [3.8, 4) is 0 Å². The van der Waals surface area contributed by atoms with Crippen molar-refractivity contribution in [2.75, 3.05) is 6.61 Å². The average molecular weight is 207 g/mol. The van der Waals surface area contributed by atoms with Crippen molar-refractivity contribution in [1.29, 1.82) is 0 Å². The molecule has 0 radical (unpaired) electrons. The van der Waals surface area contributed by atoms with E-state index in [-0.39, 0.29) is 19.4 Å². The topological polar surface area (TPSA) is 52.3 Å². The van der Waals surface area contributed by atoms with Gasteiger partial charge < -0.3 is 10.5 Å². The minimum atomic E-state index is -2.77. The van der Waals surface area contributed by atoms with Crippen LogP contribution in [0, 0.1) is 5.92 Å². The molecule has 0 aromatic rings. The van der Waals surface area contributed by atoms with E-state index < -0.39 is 30.3 Å². The summed E-state index contributed by atoms with van der Waals surface area (Å²) in [5.74, 6) is -4.22. The molecule has 1 aliphatic carbocycles. The molecule has 1 rings (SSSR count). The highest BCUT2D eigenvalue weighted by molar-refractivity contribution is 5.73. The zero-order valence-electron chi connectivity index (χ0n) is 8.13. The number of carbonyl (C=O) groups excluding carboxylic acids is 1. The van der Waals surface area contributed by atoms with E-state index in [9.17, 15) is 13.6 Å². The van der Waals surface area contributed by atoms with Crippen LogP contribution in [0.15, 0.2) is 0 Å². The number of carbonyl (C=O) groups is 1. The number of esters is 1. The summed E-state index contributed by atoms with van der Waals surface area (Å²) in [7, 11) is 0. The molecule has 1 aliphatic rings. The molecule has 2 atom stereocenters. The van der Waals surface area contributed by atoms with Gasteiger partial charge in [-0.1, -0.05) is 0 Å². The molecule has 0 aliphatic heterocycles. The molecule has 3 nitrogen and oxygen atoms in total. The Kier molecular flexibility index (Phi) is 3.42. The van der Waals surface area contributed by atoms with Gasteiger partial charge in [-0.2, -0.15) is 0 Å². The second-order valence-electron chi connectivity index (χ2n) is 3.62. The number of rotatable bonds is 2. The Balaban J connectivity index is 2.61. The lowest BCUT2D eigenvalue weighted by Crippen LogP contribution is -2.45. The summed E-state index contributed by atoms with van der Waals surface area (Å²) in [6, 6.07) is -0.492. The molecule has 0 bridgehead atoms. The summed E-state index contributed by atoms with van der Waals surface area (Å²) >= 11 is 0. The van der Waals surface area contributed by atoms with Gasteiger partial charge in [0.25, 0.3) is 0 Å². The molecule has 0 aromatic heterocycles. The monoisotopic (exact) mass is 207 g/mol. The van der Waals surface area contributed by atoms with Crippen molar-refractivity contribution in [3.63, 3.8) is 0 Å². The number of nitrogens with two attached hydrogens (primary N) is 1. The zero-order chi connectivity index (χ0) is 10.8. The highest BCUT2D eigenvalue weighted by Crippen LogP contribution is 2.36. The summed E-state index contributed by atoms with van der Waals surface area (Å²) in [6.07, 6.45) is -0.534. The molecule has 82 valence electrons. The molecule has 0 saturated heterocycles. The minimum absolute atomic E-state index is 0.177. The quantitative estimate of drug-likeness (QED) is 0.694. The fourth-order valence-corrected chi connectivity index (χ4v) is 1.66. The van der Waals surface area contributed by atoms with Crippen LogP contribution in [-0.4, -0.2) is 24.5 Å². The van der Waals surface area contributed by atoms with Gasteiger partial charge in [0, 0.05) is 18.9 Å². The first-order valence-electron chi connectivity index (χ1n) is 4.76. The number of ether oxygens (including phenoxy) is 1. The standard InChI is InChI=1S/C9H15F2NO2/c1-2-14-8(13)6-5-9(10,11)4-3-7(6)12/h6-7H,2-5,12H2,1H3/t6-,7-/m0/s1. The summed E-state index contributed by atoms with van der Waals surface area (Å²) in [5, 5.41) is 0. The van der Waals surface area contributed by atoms with E-state index in [1.165, 1.54) is 0 Å². The molecule has 0 spiro atoms. The smallest absolute Gasteiger partial charge is 0.310 e. The predicted octanol–water partition coefficient (Wildman–Crippen LogP) is 1.31. The fraction of sp³-hybridized carbons (Fsp3) is 0.889. The minimum Gasteiger partial charge on any atom is -0.466 e. The van der Waals surface area contributed by atoms with Crippen LogP contribution in [0.1, 0.15) is 26.2 Å². The first kappa shape index (κ1) is 11.4. The van der Waals surface area contributed by atoms with Crippen LogP contribution >= 0.6 is 0 Å². The van der Waals surface area contributed by atoms with E-state index >= 15 is 0 Å². The van der Waals surface area contributed by atoms with Crippen LogP contribution in [0.2, 0.25) is 0 Å². The lowest BCUT2D eigenvalue weighted by Gasteiger charge is -2.32. The number of hydrogen-bond donors (Lipinski definition) is 1. The van der Waals surface area contributed by atoms with Gasteiger partial charge in [-0.25, -0.2) is 8.78 Å². The van der Waals surface area contributed by atoms with Crippen LogP contribution in [0.3, 0.4) is 0 Å². The number of hydrogen-bond acceptors (Lipinski definition) is 3. The van der Waals surface area contributed by atoms with Crippen LogP contribution in [0.25, 0.3) is 0 Å². The van der Waals surface area contributed by atoms with Crippen LogP contribution < -0.4 is 5.73 Å². The molecule has 5 heteroatoms. The van der Waals surface area contributed by atoms with Crippen LogP contribution in [-0.2, 0) is 9.53 Å². The fourth-order valence-electron chi connectivity index (χ4n) is 1.66. The van der Waals surface area contributed by atoms with Crippen molar-refractivity contribution in [2.24, 2.45) is 11.7 Å². The third-order valence-corrected chi connectivity index (χ3v) is 2.47. The van der Waals surface area contributed by atoms with Gasteiger partial charge in [-0.3, -0.25) is 4.79 Å². The van der Waals surface area contributed by atoms with Gasteiger partial charge in [0.15, 0.2) is 0 Å². The second kappa shape index (κ2) is 4.21. The number of alkyl halides is 2. The lowest BCUT2D eigenvalue weighted by molar-refractivity contribution is -0.156. The molecule has 1 saturated carbocycles. The Morgan fingerprint density at radius 1 is 1.64 bits per heavy atom. The molecular weight excluding hydrogens is 192 g/mol. The lowest BCUT2D eigenvalue weighted by atomic mass is 9.83. The summed E-state index contributed by atoms with van der Waals surface area (Å²) in [6.45, 7) is 1.85. The highest BCUT2D eigenvalue weighted by Gasteiger charge is 2.43. The average Bonchev–Trinajstić information content (AvgIpc) is 2.10. The Labute approximate surface area is 81.6 Å². The Morgan fingerprint density at radius 3 is 2.86 bits per heavy atom. The molecule has 0 unspecified atom stereocenters. The van der Waals surface area contributed by atoms with Crippen molar-refractivity contribution in [3.05, 3.63) is 0 Å². The molecule has 0 heterocycles. The molecule has 1 fully saturated rings. The third-order valence-electron chi connectivity index (χ3n) is 2.47. The number of halogens is 2. The van der Waals surface area contributed by atoms with Gasteiger partial charge >= 0.3 is 5.97 Å². The summed E-state index contributed by atoms with van der Waals surface area (Å²) in [4.78, 5) is 11.3. The maximum Gasteiger partial charge on any atom is 0.310 e. The Bertz CT molecular complexity index is 221. The largest absolute Gasteiger partial charge is 0.466 e. The van der Waals surface area contributed by atoms with E-state index in [4.69, 9.17) is 10.5 Å². The van der Waals surface area contributed by atoms with E-state index in [2.05, 4.69) is 0 Å². The molecular formula is C9H15F2NO2. The van der Waals surface area contributed by atoms with E-state index in [0.29, 0.717) is 0 Å². The first-order chi connectivity index (χ1) is 6.46. The van der Waals surface area contributed by atoms with E-state index in [1.54, 1.807) is 6.92 Å². The van der Waals surface area contributed by atoms with Gasteiger partial charge in [-0.15, -0.1) is 0 Å². The van der Waals surface area contributed by atoms with Crippen molar-refractivity contribution in [1.82, 2.24) is 0 Å². The Hall–Kier alpha value is -0.710. The maximum absolute atomic E-state index is 13.0. The van der Waals surface area contributed by atoms with Gasteiger partial charge in [0.2, 0.25) is 5.92 Å². The van der Waals surface area contributed by atoms with Crippen molar-refractivity contribution < 1.29 is 18.3 Å². The second-order valence-corrected chi connectivity index (χ2v) is 3.62. The SMILES string of the molecule is CCOC(=O)[C@H]1CC(F)(F)CC[C@@H]1N. The normalized spacial score (nSPS) is 31.1. The summed E-state index contributed by atoms with van der Waals surface area (Å²) < 4.78 is 30.6. The van der Waals surface area contributed by atoms with Crippen LogP contribution in [0.4, 0.5) is 8.78 Å². The van der Waals surface area contributed by atoms with Crippen LogP contribution in [0.5, 0.6) is 0 Å². The van der Waals surface area contributed by atoms with E-state index in [0.717, 1.165) is 0 Å². The molecule has 0 aromatic carbocycles. The highest BCUT2D eigenvalue weighted by atomic mass is 19.3. The molecule has 14 heavy (non-hydrogen) atoms. The molecule has 2 N–H and O–H groups in total. The third kappa shape index (κ3) is 2.64. The summed E-state index contributed by atoms with van der Waals surface area (Å²) in [5.41, 5.74) is 5.60. The zero-order valence-corrected chi connectivity index (χ0v) is 8.13. The Morgan fingerprint density at radius 2 is 2.29 bits per heavy atom. The first-order valence-corrected chi connectivity index (χ1v) is 4.76. The van der Waals surface area contributed by atoms with E-state index in [1.807, 2.05) is 0 Å². The van der Waals surface area contributed by atoms with Crippen molar-refractivity contribution >= 4 is 5.97 Å². The van der Waals surface area contributed by atoms with Crippen molar-refractivity contribution in [2.45, 2.75) is 38.2 Å². The van der Waals surface area contributed by atoms with Gasteiger partial charge in [-0.05, 0) is 13.3 Å².